The lowest BCUT2D eigenvalue weighted by molar-refractivity contribution is -0.141. The summed E-state index contributed by atoms with van der Waals surface area (Å²) in [7, 11) is 0. The van der Waals surface area contributed by atoms with E-state index in [4.69, 9.17) is 9.52 Å². The zero-order valence-electron chi connectivity index (χ0n) is 11.2. The molecule has 1 aromatic rings. The van der Waals surface area contributed by atoms with Crippen LogP contribution in [0.25, 0.3) is 0 Å². The van der Waals surface area contributed by atoms with Crippen LogP contribution in [0.1, 0.15) is 26.0 Å². The highest BCUT2D eigenvalue weighted by Gasteiger charge is 2.18. The van der Waals surface area contributed by atoms with E-state index in [1.807, 2.05) is 19.1 Å². The van der Waals surface area contributed by atoms with E-state index < -0.39 is 12.0 Å². The number of amides is 1. The summed E-state index contributed by atoms with van der Waals surface area (Å²) in [6.45, 7) is 3.47. The molecule has 0 aliphatic heterocycles. The molecule has 0 saturated heterocycles. The second-order valence-corrected chi connectivity index (χ2v) is 4.52. The topological polar surface area (TPSA) is 91.6 Å². The van der Waals surface area contributed by atoms with Gasteiger partial charge in [-0.1, -0.05) is 0 Å². The fraction of sp³-hybridized carbons (Fsp3) is 0.538. The minimum atomic E-state index is -1.04. The number of carboxylic acid groups (broad SMARTS) is 1. The Kier molecular flexibility index (Phi) is 6.08. The molecular formula is C13H20N2O4. The number of aryl methyl sites for hydroxylation is 1. The molecule has 0 spiro atoms. The summed E-state index contributed by atoms with van der Waals surface area (Å²) in [6.07, 6.45) is 3.25. The number of carboxylic acids is 1. The summed E-state index contributed by atoms with van der Waals surface area (Å²) in [5.41, 5.74) is 0. The standard InChI is InChI=1S/C13H20N2O4/c1-9(5-6-11-4-3-7-19-11)14-8-12(13(17)18)15-10(2)16/h3-4,7,9,12,14H,5-6,8H2,1-2H3,(H,15,16)(H,17,18). The first-order valence-electron chi connectivity index (χ1n) is 6.24. The molecule has 1 amide bonds. The smallest absolute Gasteiger partial charge is 0.327 e. The Bertz CT molecular complexity index is 403. The minimum absolute atomic E-state index is 0.140. The number of carbonyl (C=O) groups excluding carboxylic acids is 1. The van der Waals surface area contributed by atoms with E-state index in [0.29, 0.717) is 0 Å². The predicted octanol–water partition coefficient (Wildman–Crippen LogP) is 0.780. The van der Waals surface area contributed by atoms with Crippen molar-refractivity contribution in [3.05, 3.63) is 24.2 Å². The molecule has 6 heteroatoms. The lowest BCUT2D eigenvalue weighted by Gasteiger charge is -2.18. The molecule has 0 bridgehead atoms. The van der Waals surface area contributed by atoms with Crippen LogP contribution in [0.2, 0.25) is 0 Å². The van der Waals surface area contributed by atoms with Gasteiger partial charge >= 0.3 is 5.97 Å². The summed E-state index contributed by atoms with van der Waals surface area (Å²) in [4.78, 5) is 21.8. The van der Waals surface area contributed by atoms with Crippen LogP contribution in [0.3, 0.4) is 0 Å². The van der Waals surface area contributed by atoms with Crippen molar-refractivity contribution < 1.29 is 19.1 Å². The van der Waals surface area contributed by atoms with Gasteiger partial charge in [0.05, 0.1) is 6.26 Å². The van der Waals surface area contributed by atoms with E-state index in [-0.39, 0.29) is 18.5 Å². The summed E-state index contributed by atoms with van der Waals surface area (Å²) >= 11 is 0. The summed E-state index contributed by atoms with van der Waals surface area (Å²) in [5.74, 6) is -0.483. The van der Waals surface area contributed by atoms with E-state index in [2.05, 4.69) is 10.6 Å². The van der Waals surface area contributed by atoms with E-state index in [1.54, 1.807) is 6.26 Å². The lowest BCUT2D eigenvalue weighted by atomic mass is 10.1. The Labute approximate surface area is 112 Å². The van der Waals surface area contributed by atoms with Crippen LogP contribution in [0, 0.1) is 0 Å². The molecule has 1 aromatic heterocycles. The fourth-order valence-corrected chi connectivity index (χ4v) is 1.68. The van der Waals surface area contributed by atoms with Gasteiger partial charge in [0.1, 0.15) is 11.8 Å². The molecule has 0 aromatic carbocycles. The average Bonchev–Trinajstić information content (AvgIpc) is 2.84. The van der Waals surface area contributed by atoms with Crippen molar-refractivity contribution in [3.63, 3.8) is 0 Å². The van der Waals surface area contributed by atoms with Gasteiger partial charge in [-0.3, -0.25) is 4.79 Å². The Morgan fingerprint density at radius 2 is 2.21 bits per heavy atom. The third-order valence-electron chi connectivity index (χ3n) is 2.75. The van der Waals surface area contributed by atoms with Crippen molar-refractivity contribution >= 4 is 11.9 Å². The molecule has 0 radical (unpaired) electrons. The third-order valence-corrected chi connectivity index (χ3v) is 2.75. The molecule has 0 aliphatic rings. The number of rotatable bonds is 8. The van der Waals surface area contributed by atoms with Crippen molar-refractivity contribution in [2.45, 2.75) is 38.8 Å². The van der Waals surface area contributed by atoms with Crippen molar-refractivity contribution in [3.8, 4) is 0 Å². The Balaban J connectivity index is 2.28. The predicted molar refractivity (Wildman–Crippen MR) is 69.7 cm³/mol. The van der Waals surface area contributed by atoms with Crippen molar-refractivity contribution in [1.82, 2.24) is 10.6 Å². The van der Waals surface area contributed by atoms with E-state index in [9.17, 15) is 9.59 Å². The van der Waals surface area contributed by atoms with E-state index in [1.165, 1.54) is 6.92 Å². The van der Waals surface area contributed by atoms with Gasteiger partial charge in [0, 0.05) is 25.9 Å². The maximum Gasteiger partial charge on any atom is 0.327 e. The highest BCUT2D eigenvalue weighted by Crippen LogP contribution is 2.05. The Hall–Kier alpha value is -1.82. The number of nitrogens with one attached hydrogen (secondary N) is 2. The number of hydrogen-bond acceptors (Lipinski definition) is 4. The summed E-state index contributed by atoms with van der Waals surface area (Å²) < 4.78 is 5.22. The molecule has 2 atom stereocenters. The van der Waals surface area contributed by atoms with Gasteiger partial charge < -0.3 is 20.2 Å². The second kappa shape index (κ2) is 7.58. The quantitative estimate of drug-likeness (QED) is 0.648. The summed E-state index contributed by atoms with van der Waals surface area (Å²) in [5, 5.41) is 14.4. The monoisotopic (exact) mass is 268 g/mol. The number of furan rings is 1. The Morgan fingerprint density at radius 3 is 2.74 bits per heavy atom. The Morgan fingerprint density at radius 1 is 1.47 bits per heavy atom. The number of carbonyl (C=O) groups is 2. The van der Waals surface area contributed by atoms with Crippen LogP contribution < -0.4 is 10.6 Å². The van der Waals surface area contributed by atoms with Gasteiger partial charge in [-0.15, -0.1) is 0 Å². The lowest BCUT2D eigenvalue weighted by Crippen LogP contribution is -2.48. The molecule has 1 rings (SSSR count). The van der Waals surface area contributed by atoms with Crippen LogP contribution in [0.15, 0.2) is 22.8 Å². The molecule has 0 saturated carbocycles. The SMILES string of the molecule is CC(=O)NC(CNC(C)CCc1ccco1)C(=O)O. The molecule has 3 N–H and O–H groups in total. The molecule has 1 heterocycles. The zero-order chi connectivity index (χ0) is 14.3. The molecule has 6 nitrogen and oxygen atoms in total. The van der Waals surface area contributed by atoms with Gasteiger partial charge in [-0.25, -0.2) is 4.79 Å². The van der Waals surface area contributed by atoms with Crippen molar-refractivity contribution in [1.29, 1.82) is 0 Å². The van der Waals surface area contributed by atoms with Crippen molar-refractivity contribution in [2.24, 2.45) is 0 Å². The van der Waals surface area contributed by atoms with Gasteiger partial charge in [0.25, 0.3) is 0 Å². The first-order chi connectivity index (χ1) is 8.99. The van der Waals surface area contributed by atoms with Crippen molar-refractivity contribution in [2.75, 3.05) is 6.54 Å². The average molecular weight is 268 g/mol. The molecule has 2 unspecified atom stereocenters. The molecule has 106 valence electrons. The number of aliphatic carboxylic acids is 1. The molecular weight excluding hydrogens is 248 g/mol. The van der Waals surface area contributed by atoms with Crippen LogP contribution in [0.5, 0.6) is 0 Å². The zero-order valence-corrected chi connectivity index (χ0v) is 11.2. The van der Waals surface area contributed by atoms with Crippen LogP contribution in [0.4, 0.5) is 0 Å². The van der Waals surface area contributed by atoms with Gasteiger partial charge in [-0.2, -0.15) is 0 Å². The highest BCUT2D eigenvalue weighted by atomic mass is 16.4. The third kappa shape index (κ3) is 6.05. The van der Waals surface area contributed by atoms with E-state index in [0.717, 1.165) is 18.6 Å². The maximum absolute atomic E-state index is 10.9. The normalized spacial score (nSPS) is 13.8. The summed E-state index contributed by atoms with van der Waals surface area (Å²) in [6, 6.07) is 2.98. The largest absolute Gasteiger partial charge is 0.480 e. The second-order valence-electron chi connectivity index (χ2n) is 4.52. The fourth-order valence-electron chi connectivity index (χ4n) is 1.68. The first kappa shape index (κ1) is 15.2. The first-order valence-corrected chi connectivity index (χ1v) is 6.24. The maximum atomic E-state index is 10.9. The van der Waals surface area contributed by atoms with Crippen LogP contribution in [-0.2, 0) is 16.0 Å². The molecule has 0 fully saturated rings. The highest BCUT2D eigenvalue weighted by molar-refractivity contribution is 5.82. The van der Waals surface area contributed by atoms with Gasteiger partial charge in [-0.05, 0) is 25.5 Å². The minimum Gasteiger partial charge on any atom is -0.480 e. The van der Waals surface area contributed by atoms with Crippen LogP contribution in [-0.4, -0.2) is 35.6 Å². The molecule has 19 heavy (non-hydrogen) atoms. The van der Waals surface area contributed by atoms with E-state index >= 15 is 0 Å². The van der Waals surface area contributed by atoms with Gasteiger partial charge in [0.15, 0.2) is 0 Å². The molecule has 0 aliphatic carbocycles. The van der Waals surface area contributed by atoms with Crippen LogP contribution >= 0.6 is 0 Å². The number of hydrogen-bond donors (Lipinski definition) is 3. The van der Waals surface area contributed by atoms with Gasteiger partial charge in [0.2, 0.25) is 5.91 Å².